The maximum Gasteiger partial charge on any atom is 0.417 e. The normalized spacial score (nSPS) is 22.5. The highest BCUT2D eigenvalue weighted by Crippen LogP contribution is 2.78. The van der Waals surface area contributed by atoms with E-state index in [-0.39, 0.29) is 16.2 Å². The molecule has 0 amide bonds. The SMILES string of the molecule is FC(F)(F)C1=C(C(F)(F)F)C2(c3ccccc3)C=C(c3ccccc3)P1C(c1ccccc1)=C2. The molecular weight excluding hydrogens is 469 g/mol. The first-order chi connectivity index (χ1) is 16.1. The number of rotatable bonds is 3. The Balaban J connectivity index is 1.93. The van der Waals surface area contributed by atoms with Crippen molar-refractivity contribution in [2.75, 3.05) is 0 Å². The molecule has 3 aromatic rings. The van der Waals surface area contributed by atoms with Crippen LogP contribution in [0.1, 0.15) is 16.7 Å². The van der Waals surface area contributed by atoms with Crippen LogP contribution in [0.4, 0.5) is 26.3 Å². The second-order valence-corrected chi connectivity index (χ2v) is 10.2. The van der Waals surface area contributed by atoms with Crippen LogP contribution in [0.3, 0.4) is 0 Å². The van der Waals surface area contributed by atoms with Gasteiger partial charge in [0.2, 0.25) is 0 Å². The van der Waals surface area contributed by atoms with E-state index < -0.39 is 36.6 Å². The fourth-order valence-electron chi connectivity index (χ4n) is 4.73. The summed E-state index contributed by atoms with van der Waals surface area (Å²) in [5, 5.41) is -0.927. The maximum absolute atomic E-state index is 14.6. The van der Waals surface area contributed by atoms with Crippen molar-refractivity contribution in [3.63, 3.8) is 0 Å². The van der Waals surface area contributed by atoms with Crippen LogP contribution >= 0.6 is 7.92 Å². The highest BCUT2D eigenvalue weighted by atomic mass is 31.1. The minimum absolute atomic E-state index is 0.139. The third-order valence-electron chi connectivity index (χ3n) is 6.03. The van der Waals surface area contributed by atoms with Gasteiger partial charge in [-0.15, -0.1) is 0 Å². The first-order valence-electron chi connectivity index (χ1n) is 10.4. The number of hydrogen-bond donors (Lipinski definition) is 0. The Kier molecular flexibility index (Phi) is 5.33. The van der Waals surface area contributed by atoms with Crippen LogP contribution in [0.25, 0.3) is 10.6 Å². The van der Waals surface area contributed by atoms with E-state index in [9.17, 15) is 26.3 Å². The van der Waals surface area contributed by atoms with Gasteiger partial charge in [0, 0.05) is 0 Å². The van der Waals surface area contributed by atoms with Crippen molar-refractivity contribution < 1.29 is 26.3 Å². The molecule has 0 nitrogen and oxygen atoms in total. The van der Waals surface area contributed by atoms with Gasteiger partial charge in [-0.1, -0.05) is 103 Å². The van der Waals surface area contributed by atoms with Gasteiger partial charge in [-0.25, -0.2) is 0 Å². The van der Waals surface area contributed by atoms with Crippen LogP contribution in [-0.2, 0) is 5.41 Å². The average Bonchev–Trinajstić information content (AvgIpc) is 2.84. The minimum atomic E-state index is -5.18. The van der Waals surface area contributed by atoms with Gasteiger partial charge in [0.1, 0.15) is 0 Å². The molecule has 0 unspecified atom stereocenters. The van der Waals surface area contributed by atoms with Crippen LogP contribution in [0, 0.1) is 0 Å². The van der Waals surface area contributed by atoms with Gasteiger partial charge in [0.15, 0.2) is 0 Å². The van der Waals surface area contributed by atoms with Crippen molar-refractivity contribution >= 4 is 18.5 Å². The van der Waals surface area contributed by atoms with Crippen LogP contribution < -0.4 is 0 Å². The zero-order valence-electron chi connectivity index (χ0n) is 17.5. The summed E-state index contributed by atoms with van der Waals surface area (Å²) >= 11 is 0. The van der Waals surface area contributed by atoms with Gasteiger partial charge in [-0.3, -0.25) is 0 Å². The fourth-order valence-corrected chi connectivity index (χ4v) is 7.74. The Labute approximate surface area is 193 Å². The molecule has 2 bridgehead atoms. The number of halogens is 6. The number of alkyl halides is 6. The highest BCUT2D eigenvalue weighted by Gasteiger charge is 2.61. The lowest BCUT2D eigenvalue weighted by Gasteiger charge is -2.48. The van der Waals surface area contributed by atoms with E-state index in [1.54, 1.807) is 78.9 Å². The van der Waals surface area contributed by atoms with Crippen LogP contribution in [-0.4, -0.2) is 12.4 Å². The molecule has 0 spiro atoms. The zero-order valence-corrected chi connectivity index (χ0v) is 18.4. The Hall–Kier alpha value is -3.11. The molecule has 34 heavy (non-hydrogen) atoms. The maximum atomic E-state index is 14.6. The molecule has 0 fully saturated rings. The number of hydrogen-bond acceptors (Lipinski definition) is 0. The molecule has 3 aliphatic heterocycles. The smallest absolute Gasteiger partial charge is 0.166 e. The summed E-state index contributed by atoms with van der Waals surface area (Å²) in [4.78, 5) is 0. The van der Waals surface area contributed by atoms with Crippen LogP contribution in [0.2, 0.25) is 0 Å². The number of allylic oxidation sites excluding steroid dienone is 4. The molecule has 0 radical (unpaired) electrons. The molecule has 3 aliphatic rings. The second kappa shape index (κ2) is 7.99. The molecule has 3 aromatic carbocycles. The van der Waals surface area contributed by atoms with Crippen LogP contribution in [0.5, 0.6) is 0 Å². The van der Waals surface area contributed by atoms with Crippen LogP contribution in [0.15, 0.2) is 114 Å². The third-order valence-corrected chi connectivity index (χ3v) is 8.69. The third kappa shape index (κ3) is 3.61. The molecule has 0 saturated heterocycles. The molecule has 6 rings (SSSR count). The van der Waals surface area contributed by atoms with Gasteiger partial charge >= 0.3 is 12.4 Å². The van der Waals surface area contributed by atoms with E-state index in [4.69, 9.17) is 0 Å². The molecule has 7 heteroatoms. The molecule has 0 atom stereocenters. The van der Waals surface area contributed by atoms with E-state index in [2.05, 4.69) is 0 Å². The second-order valence-electron chi connectivity index (χ2n) is 8.08. The van der Waals surface area contributed by atoms with E-state index in [1.165, 1.54) is 24.3 Å². The summed E-state index contributed by atoms with van der Waals surface area (Å²) < 4.78 is 87.6. The van der Waals surface area contributed by atoms with Crippen molar-refractivity contribution in [1.29, 1.82) is 0 Å². The minimum Gasteiger partial charge on any atom is -0.166 e. The van der Waals surface area contributed by atoms with Gasteiger partial charge in [-0.2, -0.15) is 26.3 Å². The van der Waals surface area contributed by atoms with E-state index in [0.717, 1.165) is 0 Å². The van der Waals surface area contributed by atoms with E-state index in [1.807, 2.05) is 0 Å². The Morgan fingerprint density at radius 2 is 0.941 bits per heavy atom. The van der Waals surface area contributed by atoms with Crippen molar-refractivity contribution in [3.05, 3.63) is 131 Å². The highest BCUT2D eigenvalue weighted by molar-refractivity contribution is 7.82. The zero-order chi connectivity index (χ0) is 24.1. The van der Waals surface area contributed by atoms with Gasteiger partial charge in [0.25, 0.3) is 0 Å². The molecule has 0 N–H and O–H groups in total. The molecule has 0 saturated carbocycles. The summed E-state index contributed by atoms with van der Waals surface area (Å²) in [6, 6.07) is 24.4. The van der Waals surface area contributed by atoms with Crippen molar-refractivity contribution in [2.24, 2.45) is 0 Å². The predicted octanol–water partition coefficient (Wildman–Crippen LogP) is 8.89. The van der Waals surface area contributed by atoms with Gasteiger partial charge in [-0.05, 0) is 35.2 Å². The monoisotopic (exact) mass is 486 g/mol. The summed E-state index contributed by atoms with van der Waals surface area (Å²) in [6.45, 7) is 0. The van der Waals surface area contributed by atoms with Gasteiger partial charge in [0.05, 0.1) is 16.3 Å². The quantitative estimate of drug-likeness (QED) is 0.256. The lowest BCUT2D eigenvalue weighted by atomic mass is 9.71. The van der Waals surface area contributed by atoms with Crippen molar-refractivity contribution in [1.82, 2.24) is 0 Å². The summed E-state index contributed by atoms with van der Waals surface area (Å²) in [5.41, 5.74) is -2.54. The Morgan fingerprint density at radius 1 is 0.529 bits per heavy atom. The molecule has 3 heterocycles. The Morgan fingerprint density at radius 3 is 1.32 bits per heavy atom. The summed E-state index contributed by atoms with van der Waals surface area (Å²) in [7, 11) is -2.50. The van der Waals surface area contributed by atoms with E-state index in [0.29, 0.717) is 11.1 Å². The summed E-state index contributed by atoms with van der Waals surface area (Å²) in [6.07, 6.45) is -7.56. The molecular formula is C27H17F6P. The lowest BCUT2D eigenvalue weighted by molar-refractivity contribution is -0.115. The largest absolute Gasteiger partial charge is 0.417 e. The number of benzene rings is 3. The molecule has 0 aromatic heterocycles. The van der Waals surface area contributed by atoms with Crippen molar-refractivity contribution in [3.8, 4) is 0 Å². The fraction of sp³-hybridized carbons (Fsp3) is 0.111. The predicted molar refractivity (Wildman–Crippen MR) is 123 cm³/mol. The molecule has 0 aliphatic carbocycles. The van der Waals surface area contributed by atoms with Gasteiger partial charge < -0.3 is 0 Å². The van der Waals surface area contributed by atoms with Crippen molar-refractivity contribution in [2.45, 2.75) is 17.8 Å². The first-order valence-corrected chi connectivity index (χ1v) is 11.8. The standard InChI is InChI=1S/C27H17F6P/c28-26(29,30)23-24(27(31,32)33)34-21(18-10-4-1-5-11-18)16-25(23,20-14-8-3-9-15-20)17-22(34)19-12-6-2-7-13-19/h1-17H. The lowest BCUT2D eigenvalue weighted by Crippen LogP contribution is -2.41. The summed E-state index contributed by atoms with van der Waals surface area (Å²) in [5.74, 6) is 0. The topological polar surface area (TPSA) is 0 Å². The first kappa shape index (κ1) is 22.7. The Bertz CT molecular complexity index is 1240. The average molecular weight is 486 g/mol. The van der Waals surface area contributed by atoms with E-state index >= 15 is 0 Å². The molecule has 172 valence electrons.